The van der Waals surface area contributed by atoms with Crippen molar-refractivity contribution in [1.82, 2.24) is 0 Å². The van der Waals surface area contributed by atoms with Crippen molar-refractivity contribution in [2.24, 2.45) is 0 Å². The summed E-state index contributed by atoms with van der Waals surface area (Å²) in [7, 11) is 1.47. The van der Waals surface area contributed by atoms with Crippen LogP contribution in [0.5, 0.6) is 0 Å². The quantitative estimate of drug-likeness (QED) is 0.721. The molecule has 0 radical (unpaired) electrons. The molecule has 0 aliphatic heterocycles. The maximum absolute atomic E-state index is 12.5. The van der Waals surface area contributed by atoms with Gasteiger partial charge in [-0.1, -0.05) is 23.2 Å². The molecule has 0 aromatic heterocycles. The van der Waals surface area contributed by atoms with Crippen molar-refractivity contribution in [2.75, 3.05) is 7.05 Å². The first kappa shape index (κ1) is 11.3. The van der Waals surface area contributed by atoms with Crippen molar-refractivity contribution in [3.05, 3.63) is 39.7 Å². The van der Waals surface area contributed by atoms with E-state index in [0.717, 1.165) is 6.07 Å². The SMILES string of the molecule is C[N-]Cc1ccc(Cl)cc1C(F)(F)F. The fraction of sp³-hybridized carbons (Fsp3) is 0.333. The number of hydrogen-bond donors (Lipinski definition) is 0. The molecule has 0 bridgehead atoms. The number of nitrogens with zero attached hydrogens (tertiary/aromatic N) is 1. The Morgan fingerprint density at radius 3 is 2.50 bits per heavy atom. The van der Waals surface area contributed by atoms with Gasteiger partial charge in [0.1, 0.15) is 0 Å². The molecule has 0 heterocycles. The van der Waals surface area contributed by atoms with Gasteiger partial charge in [0.15, 0.2) is 0 Å². The Hall–Kier alpha value is -0.740. The molecule has 0 fully saturated rings. The largest absolute Gasteiger partial charge is 0.661 e. The molecule has 0 saturated heterocycles. The first-order valence-corrected chi connectivity index (χ1v) is 4.24. The van der Waals surface area contributed by atoms with Crippen molar-refractivity contribution < 1.29 is 13.2 Å². The smallest absolute Gasteiger partial charge is 0.416 e. The van der Waals surface area contributed by atoms with E-state index in [4.69, 9.17) is 11.6 Å². The van der Waals surface area contributed by atoms with Gasteiger partial charge in [0.25, 0.3) is 0 Å². The minimum Gasteiger partial charge on any atom is -0.661 e. The first-order chi connectivity index (χ1) is 6.45. The van der Waals surface area contributed by atoms with E-state index in [2.05, 4.69) is 5.32 Å². The van der Waals surface area contributed by atoms with Crippen LogP contribution in [-0.4, -0.2) is 7.05 Å². The summed E-state index contributed by atoms with van der Waals surface area (Å²) >= 11 is 5.49. The van der Waals surface area contributed by atoms with Crippen molar-refractivity contribution in [2.45, 2.75) is 12.7 Å². The number of rotatable bonds is 2. The third kappa shape index (κ3) is 2.62. The molecule has 1 aromatic rings. The van der Waals surface area contributed by atoms with Gasteiger partial charge in [0.2, 0.25) is 0 Å². The minimum atomic E-state index is -4.37. The van der Waals surface area contributed by atoms with Crippen LogP contribution in [0.3, 0.4) is 0 Å². The molecule has 78 valence electrons. The van der Waals surface area contributed by atoms with Crippen molar-refractivity contribution in [3.63, 3.8) is 0 Å². The second-order valence-electron chi connectivity index (χ2n) is 2.77. The summed E-state index contributed by atoms with van der Waals surface area (Å²) < 4.78 is 37.4. The summed E-state index contributed by atoms with van der Waals surface area (Å²) in [6.45, 7) is 0.0476. The van der Waals surface area contributed by atoms with Gasteiger partial charge >= 0.3 is 6.18 Å². The Morgan fingerprint density at radius 1 is 1.36 bits per heavy atom. The van der Waals surface area contributed by atoms with Crippen LogP contribution in [0.25, 0.3) is 5.32 Å². The summed E-state index contributed by atoms with van der Waals surface area (Å²) in [6.07, 6.45) is -4.37. The highest BCUT2D eigenvalue weighted by Gasteiger charge is 2.32. The Labute approximate surface area is 84.9 Å². The summed E-state index contributed by atoms with van der Waals surface area (Å²) in [5.74, 6) is 0. The van der Waals surface area contributed by atoms with E-state index in [0.29, 0.717) is 0 Å². The number of alkyl halides is 3. The average molecular weight is 223 g/mol. The van der Waals surface area contributed by atoms with Crippen LogP contribution in [-0.2, 0) is 12.7 Å². The summed E-state index contributed by atoms with van der Waals surface area (Å²) in [5.41, 5.74) is -0.569. The Kier molecular flexibility index (Phi) is 3.39. The topological polar surface area (TPSA) is 14.1 Å². The van der Waals surface area contributed by atoms with E-state index in [1.165, 1.54) is 19.2 Å². The third-order valence-corrected chi connectivity index (χ3v) is 1.94. The molecule has 14 heavy (non-hydrogen) atoms. The van der Waals surface area contributed by atoms with Gasteiger partial charge in [-0.25, -0.2) is 0 Å². The van der Waals surface area contributed by atoms with Crippen LogP contribution in [0.2, 0.25) is 5.02 Å². The summed E-state index contributed by atoms with van der Waals surface area (Å²) in [5, 5.41) is 3.75. The maximum atomic E-state index is 12.5. The number of halogens is 4. The van der Waals surface area contributed by atoms with E-state index in [1.807, 2.05) is 0 Å². The molecule has 0 spiro atoms. The van der Waals surface area contributed by atoms with Crippen molar-refractivity contribution in [3.8, 4) is 0 Å². The standard InChI is InChI=1S/C9H8ClF3N/c1-14-5-6-2-3-7(10)4-8(6)9(11,12)13/h2-4H,5H2,1H3/q-1. The van der Waals surface area contributed by atoms with Crippen molar-refractivity contribution in [1.29, 1.82) is 0 Å². The van der Waals surface area contributed by atoms with Crippen LogP contribution in [0, 0.1) is 0 Å². The minimum absolute atomic E-state index is 0.0476. The lowest BCUT2D eigenvalue weighted by molar-refractivity contribution is -0.138. The lowest BCUT2D eigenvalue weighted by Gasteiger charge is -2.17. The fourth-order valence-corrected chi connectivity index (χ4v) is 1.29. The molecule has 0 aliphatic carbocycles. The highest BCUT2D eigenvalue weighted by molar-refractivity contribution is 6.30. The van der Waals surface area contributed by atoms with Crippen LogP contribution in [0.1, 0.15) is 11.1 Å². The third-order valence-electron chi connectivity index (χ3n) is 1.71. The Morgan fingerprint density at radius 2 is 2.00 bits per heavy atom. The fourth-order valence-electron chi connectivity index (χ4n) is 1.12. The molecular formula is C9H8ClF3N-. The monoisotopic (exact) mass is 222 g/mol. The first-order valence-electron chi connectivity index (χ1n) is 3.86. The van der Waals surface area contributed by atoms with E-state index in [1.54, 1.807) is 0 Å². The highest BCUT2D eigenvalue weighted by Crippen LogP contribution is 2.34. The Bertz CT molecular complexity index is 322. The zero-order valence-corrected chi connectivity index (χ0v) is 8.15. The van der Waals surface area contributed by atoms with E-state index >= 15 is 0 Å². The van der Waals surface area contributed by atoms with Gasteiger partial charge in [0.05, 0.1) is 5.56 Å². The molecular weight excluding hydrogens is 215 g/mol. The van der Waals surface area contributed by atoms with Gasteiger partial charge in [-0.05, 0) is 12.1 Å². The normalized spacial score (nSPS) is 11.8. The van der Waals surface area contributed by atoms with E-state index < -0.39 is 11.7 Å². The lowest BCUT2D eigenvalue weighted by atomic mass is 10.1. The molecule has 1 aromatic carbocycles. The highest BCUT2D eigenvalue weighted by atomic mass is 35.5. The molecule has 5 heteroatoms. The van der Waals surface area contributed by atoms with Gasteiger partial charge in [0, 0.05) is 5.02 Å². The van der Waals surface area contributed by atoms with Crippen LogP contribution < -0.4 is 0 Å². The molecule has 0 saturated carbocycles. The molecule has 0 aliphatic rings. The van der Waals surface area contributed by atoms with Crippen LogP contribution >= 0.6 is 11.6 Å². The van der Waals surface area contributed by atoms with Gasteiger partial charge in [-0.2, -0.15) is 20.2 Å². The lowest BCUT2D eigenvalue weighted by Crippen LogP contribution is -2.08. The second kappa shape index (κ2) is 4.19. The maximum Gasteiger partial charge on any atom is 0.416 e. The molecule has 0 atom stereocenters. The van der Waals surface area contributed by atoms with Crippen LogP contribution in [0.15, 0.2) is 18.2 Å². The van der Waals surface area contributed by atoms with E-state index in [-0.39, 0.29) is 17.1 Å². The van der Waals surface area contributed by atoms with E-state index in [9.17, 15) is 13.2 Å². The van der Waals surface area contributed by atoms with Gasteiger partial charge in [-0.3, -0.25) is 0 Å². The predicted molar refractivity (Wildman–Crippen MR) is 49.4 cm³/mol. The average Bonchev–Trinajstić information content (AvgIpc) is 2.07. The zero-order valence-electron chi connectivity index (χ0n) is 7.40. The molecule has 0 N–H and O–H groups in total. The zero-order chi connectivity index (χ0) is 10.8. The van der Waals surface area contributed by atoms with Gasteiger partial charge in [-0.15, -0.1) is 6.54 Å². The Balaban J connectivity index is 3.16. The number of hydrogen-bond acceptors (Lipinski definition) is 0. The molecule has 0 unspecified atom stereocenters. The predicted octanol–water partition coefficient (Wildman–Crippen LogP) is 3.86. The molecule has 0 amide bonds. The summed E-state index contributed by atoms with van der Waals surface area (Å²) in [6, 6.07) is 3.69. The molecule has 1 nitrogen and oxygen atoms in total. The second-order valence-corrected chi connectivity index (χ2v) is 3.21. The summed E-state index contributed by atoms with van der Waals surface area (Å²) in [4.78, 5) is 0. The van der Waals surface area contributed by atoms with Gasteiger partial charge < -0.3 is 5.32 Å². The number of benzene rings is 1. The van der Waals surface area contributed by atoms with Crippen molar-refractivity contribution >= 4 is 11.6 Å². The van der Waals surface area contributed by atoms with Crippen LogP contribution in [0.4, 0.5) is 13.2 Å². The molecule has 1 rings (SSSR count).